The summed E-state index contributed by atoms with van der Waals surface area (Å²) in [5, 5.41) is 5.68. The molecule has 0 bridgehead atoms. The second kappa shape index (κ2) is 13.8. The van der Waals surface area contributed by atoms with Crippen LogP contribution < -0.4 is 25.0 Å². The lowest BCUT2D eigenvalue weighted by molar-refractivity contribution is -0.137. The Kier molecular flexibility index (Phi) is 9.68. The van der Waals surface area contributed by atoms with Gasteiger partial charge in [0.05, 0.1) is 35.9 Å². The number of methoxy groups -OCH3 is 1. The Morgan fingerprint density at radius 1 is 0.939 bits per heavy atom. The Morgan fingerprint density at radius 2 is 1.65 bits per heavy atom. The molecule has 2 aliphatic heterocycles. The van der Waals surface area contributed by atoms with Crippen molar-refractivity contribution in [1.29, 1.82) is 0 Å². The zero-order valence-electron chi connectivity index (χ0n) is 27.7. The molecule has 49 heavy (non-hydrogen) atoms. The topological polar surface area (TPSA) is 141 Å². The van der Waals surface area contributed by atoms with E-state index >= 15 is 0 Å². The molecule has 0 amide bonds. The van der Waals surface area contributed by atoms with E-state index in [1.54, 1.807) is 0 Å². The molecule has 6 rings (SSSR count). The summed E-state index contributed by atoms with van der Waals surface area (Å²) in [6.07, 6.45) is 1.67. The third-order valence-corrected chi connectivity index (χ3v) is 9.47. The van der Waals surface area contributed by atoms with Gasteiger partial charge in [0.25, 0.3) is 0 Å². The van der Waals surface area contributed by atoms with Crippen LogP contribution in [0.15, 0.2) is 42.9 Å². The number of likely N-dealkylation sites (N-methyl/N-ethyl adjacent to an activating group) is 1. The van der Waals surface area contributed by atoms with Crippen LogP contribution in [0.5, 0.6) is 5.75 Å². The number of anilines is 6. The third kappa shape index (κ3) is 7.89. The lowest BCUT2D eigenvalue weighted by atomic mass is 10.0. The maximum absolute atomic E-state index is 14.2. The SMILES string of the molecule is COc1cc(N2CCC(N3CCN(C)CC3)CC2)c(C)cc1Nc1ncc(C(F)(F)F)c(Nc2ccc3nccnc3c2NS(C)(=O)=O)n1. The second-order valence-electron chi connectivity index (χ2n) is 12.4. The van der Waals surface area contributed by atoms with Gasteiger partial charge < -0.3 is 25.2 Å². The van der Waals surface area contributed by atoms with E-state index < -0.39 is 27.6 Å². The van der Waals surface area contributed by atoms with Crippen LogP contribution in [0.1, 0.15) is 24.0 Å². The molecule has 2 aromatic carbocycles. The van der Waals surface area contributed by atoms with Crippen molar-refractivity contribution < 1.29 is 26.3 Å². The number of piperidine rings is 1. The summed E-state index contributed by atoms with van der Waals surface area (Å²) in [7, 11) is -0.164. The van der Waals surface area contributed by atoms with Gasteiger partial charge in [0.2, 0.25) is 16.0 Å². The Labute approximate surface area is 283 Å². The normalized spacial score (nSPS) is 16.9. The van der Waals surface area contributed by atoms with Crippen LogP contribution >= 0.6 is 0 Å². The Bertz CT molecular complexity index is 1930. The van der Waals surface area contributed by atoms with Crippen molar-refractivity contribution in [2.24, 2.45) is 0 Å². The van der Waals surface area contributed by atoms with Gasteiger partial charge in [-0.05, 0) is 50.6 Å². The number of ether oxygens (including phenoxy) is 1. The monoisotopic (exact) mass is 700 g/mol. The van der Waals surface area contributed by atoms with E-state index in [0.717, 1.165) is 69.6 Å². The van der Waals surface area contributed by atoms with Crippen molar-refractivity contribution in [1.82, 2.24) is 29.7 Å². The van der Waals surface area contributed by atoms with E-state index in [4.69, 9.17) is 4.74 Å². The van der Waals surface area contributed by atoms with Gasteiger partial charge in [0.15, 0.2) is 0 Å². The van der Waals surface area contributed by atoms with E-state index in [2.05, 4.69) is 57.0 Å². The molecule has 2 aliphatic rings. The summed E-state index contributed by atoms with van der Waals surface area (Å²) >= 11 is 0. The van der Waals surface area contributed by atoms with Gasteiger partial charge >= 0.3 is 6.18 Å². The van der Waals surface area contributed by atoms with Crippen molar-refractivity contribution in [2.45, 2.75) is 32.0 Å². The van der Waals surface area contributed by atoms with Crippen LogP contribution in [0.3, 0.4) is 0 Å². The number of alkyl halides is 3. The van der Waals surface area contributed by atoms with Crippen LogP contribution in [0.2, 0.25) is 0 Å². The van der Waals surface area contributed by atoms with Crippen molar-refractivity contribution in [3.05, 3.63) is 54.0 Å². The predicted octanol–water partition coefficient (Wildman–Crippen LogP) is 4.83. The highest BCUT2D eigenvalue weighted by atomic mass is 32.2. The Hall–Kier alpha value is -4.48. The van der Waals surface area contributed by atoms with E-state index in [9.17, 15) is 21.6 Å². The number of sulfonamides is 1. The second-order valence-corrected chi connectivity index (χ2v) is 14.1. The van der Waals surface area contributed by atoms with Crippen LogP contribution in [-0.2, 0) is 16.2 Å². The van der Waals surface area contributed by atoms with Crippen molar-refractivity contribution >= 4 is 55.6 Å². The van der Waals surface area contributed by atoms with Crippen LogP contribution in [0.25, 0.3) is 11.0 Å². The van der Waals surface area contributed by atoms with Crippen LogP contribution in [0, 0.1) is 6.92 Å². The molecule has 0 spiro atoms. The first kappa shape index (κ1) is 34.4. The minimum absolute atomic E-state index is 0.0113. The maximum Gasteiger partial charge on any atom is 0.421 e. The zero-order chi connectivity index (χ0) is 34.9. The number of rotatable bonds is 9. The van der Waals surface area contributed by atoms with Crippen LogP contribution in [-0.4, -0.2) is 104 Å². The molecular weight excluding hydrogens is 661 g/mol. The molecule has 13 nitrogen and oxygen atoms in total. The maximum atomic E-state index is 14.2. The van der Waals surface area contributed by atoms with Crippen molar-refractivity contribution in [2.75, 3.05) is 79.9 Å². The Balaban J connectivity index is 1.26. The minimum Gasteiger partial charge on any atom is -0.494 e. The first-order chi connectivity index (χ1) is 23.3. The molecule has 2 aromatic heterocycles. The molecule has 0 radical (unpaired) electrons. The molecule has 17 heteroatoms. The number of nitrogens with one attached hydrogen (secondary N) is 3. The summed E-state index contributed by atoms with van der Waals surface area (Å²) in [5.74, 6) is -0.250. The number of piperazine rings is 1. The van der Waals surface area contributed by atoms with Gasteiger partial charge in [-0.3, -0.25) is 19.6 Å². The third-order valence-electron chi connectivity index (χ3n) is 8.90. The van der Waals surface area contributed by atoms with Gasteiger partial charge in [0, 0.05) is 75.7 Å². The number of benzene rings is 2. The number of hydrogen-bond acceptors (Lipinski definition) is 12. The number of aromatic nitrogens is 4. The van der Waals surface area contributed by atoms with Gasteiger partial charge in [0.1, 0.15) is 22.6 Å². The summed E-state index contributed by atoms with van der Waals surface area (Å²) in [6.45, 7) is 8.14. The largest absolute Gasteiger partial charge is 0.494 e. The summed E-state index contributed by atoms with van der Waals surface area (Å²) in [5.41, 5.74) is 1.70. The smallest absolute Gasteiger partial charge is 0.421 e. The number of hydrogen-bond donors (Lipinski definition) is 3. The highest BCUT2D eigenvalue weighted by molar-refractivity contribution is 7.92. The predicted molar refractivity (Wildman–Crippen MR) is 184 cm³/mol. The first-order valence-electron chi connectivity index (χ1n) is 15.8. The summed E-state index contributed by atoms with van der Waals surface area (Å²) in [6, 6.07) is 7.27. The molecule has 0 unspecified atom stereocenters. The molecule has 4 heterocycles. The highest BCUT2D eigenvalue weighted by Crippen LogP contribution is 2.40. The molecule has 2 fully saturated rings. The summed E-state index contributed by atoms with van der Waals surface area (Å²) < 4.78 is 75.0. The zero-order valence-corrected chi connectivity index (χ0v) is 28.5. The van der Waals surface area contributed by atoms with E-state index in [1.165, 1.54) is 31.6 Å². The minimum atomic E-state index is -4.82. The number of fused-ring (bicyclic) bond motifs is 1. The van der Waals surface area contributed by atoms with Gasteiger partial charge in [-0.2, -0.15) is 18.2 Å². The number of halogens is 3. The lowest BCUT2D eigenvalue weighted by Crippen LogP contribution is -2.52. The first-order valence-corrected chi connectivity index (χ1v) is 17.7. The molecule has 0 aliphatic carbocycles. The molecular formula is C32H39F3N10O3S. The lowest BCUT2D eigenvalue weighted by Gasteiger charge is -2.43. The van der Waals surface area contributed by atoms with Crippen LogP contribution in [0.4, 0.5) is 47.7 Å². The summed E-state index contributed by atoms with van der Waals surface area (Å²) in [4.78, 5) is 23.8. The fourth-order valence-corrected chi connectivity index (χ4v) is 6.94. The van der Waals surface area contributed by atoms with Crippen molar-refractivity contribution in [3.63, 3.8) is 0 Å². The molecule has 4 aromatic rings. The standard InChI is InChI=1S/C32H39F3N10O3S/c1-20-17-25(27(48-3)18-26(20)45-11-7-21(8-12-45)44-15-13-43(2)14-16-44)40-31-38-19-22(32(33,34)35)30(41-31)39-24-6-5-23-28(37-10-9-36-23)29(24)42-49(4,46)47/h5-6,9-10,17-19,21,42H,7-8,11-16H2,1-4H3,(H2,38,39,40,41). The van der Waals surface area contributed by atoms with E-state index in [0.29, 0.717) is 29.2 Å². The molecule has 3 N–H and O–H groups in total. The molecule has 0 atom stereocenters. The van der Waals surface area contributed by atoms with E-state index in [-0.39, 0.29) is 22.8 Å². The molecule has 0 saturated carbocycles. The number of nitrogens with zero attached hydrogens (tertiary/aromatic N) is 7. The fourth-order valence-electron chi connectivity index (χ4n) is 6.37. The van der Waals surface area contributed by atoms with Gasteiger partial charge in [-0.1, -0.05) is 0 Å². The van der Waals surface area contributed by atoms with E-state index in [1.807, 2.05) is 19.1 Å². The average molecular weight is 701 g/mol. The van der Waals surface area contributed by atoms with Gasteiger partial charge in [-0.25, -0.2) is 13.4 Å². The highest BCUT2D eigenvalue weighted by Gasteiger charge is 2.36. The fraction of sp³-hybridized carbons (Fsp3) is 0.438. The molecule has 2 saturated heterocycles. The average Bonchev–Trinajstić information content (AvgIpc) is 3.05. The number of aryl methyl sites for hydroxylation is 1. The van der Waals surface area contributed by atoms with Gasteiger partial charge in [-0.15, -0.1) is 0 Å². The quantitative estimate of drug-likeness (QED) is 0.220. The molecule has 262 valence electrons. The Morgan fingerprint density at radius 3 is 2.33 bits per heavy atom. The van der Waals surface area contributed by atoms with Crippen molar-refractivity contribution in [3.8, 4) is 5.75 Å².